The SMILES string of the molecule is c1ccc(-c2cc(C3=NC(c4cccc5oc6ccccc6c45)N=C(c4ccc5ccccc5c4)N3)c3c(c2)oc2cnccc23)cc1. The maximum Gasteiger partial charge on any atom is 0.170 e. The number of hydrogen-bond acceptors (Lipinski definition) is 6. The first-order valence-electron chi connectivity index (χ1n) is 15.9. The van der Waals surface area contributed by atoms with Gasteiger partial charge in [0, 0.05) is 44.4 Å². The van der Waals surface area contributed by atoms with E-state index >= 15 is 0 Å². The van der Waals surface area contributed by atoms with Crippen LogP contribution in [-0.4, -0.2) is 16.7 Å². The first kappa shape index (κ1) is 26.7. The van der Waals surface area contributed by atoms with E-state index in [0.29, 0.717) is 5.84 Å². The number of nitrogens with one attached hydrogen (secondary N) is 1. The topological polar surface area (TPSA) is 75.9 Å². The minimum Gasteiger partial charge on any atom is -0.456 e. The van der Waals surface area contributed by atoms with Crippen LogP contribution in [0.3, 0.4) is 0 Å². The Hall–Kier alpha value is -6.53. The zero-order valence-electron chi connectivity index (χ0n) is 25.6. The molecule has 48 heavy (non-hydrogen) atoms. The molecule has 1 N–H and O–H groups in total. The van der Waals surface area contributed by atoms with Crippen LogP contribution in [0.4, 0.5) is 0 Å². The molecular formula is C42H26N4O2. The second-order valence-corrected chi connectivity index (χ2v) is 12.1. The Kier molecular flexibility index (Phi) is 5.84. The Morgan fingerprint density at radius 3 is 2.21 bits per heavy atom. The first-order valence-corrected chi connectivity index (χ1v) is 15.9. The highest BCUT2D eigenvalue weighted by atomic mass is 16.3. The van der Waals surface area contributed by atoms with Gasteiger partial charge in [-0.2, -0.15) is 0 Å². The molecule has 9 aromatic rings. The third kappa shape index (κ3) is 4.23. The molecule has 6 nitrogen and oxygen atoms in total. The van der Waals surface area contributed by atoms with Crippen LogP contribution < -0.4 is 5.32 Å². The van der Waals surface area contributed by atoms with Gasteiger partial charge in [0.15, 0.2) is 11.7 Å². The highest BCUT2D eigenvalue weighted by molar-refractivity contribution is 6.24. The van der Waals surface area contributed by atoms with Crippen molar-refractivity contribution in [2.24, 2.45) is 9.98 Å². The lowest BCUT2D eigenvalue weighted by Crippen LogP contribution is -2.36. The quantitative estimate of drug-likeness (QED) is 0.213. The van der Waals surface area contributed by atoms with Crippen LogP contribution in [0.15, 0.2) is 165 Å². The largest absolute Gasteiger partial charge is 0.456 e. The molecule has 10 rings (SSSR count). The van der Waals surface area contributed by atoms with Gasteiger partial charge in [-0.25, -0.2) is 9.98 Å². The molecule has 3 aromatic heterocycles. The molecule has 0 aliphatic carbocycles. The number of pyridine rings is 1. The van der Waals surface area contributed by atoms with Crippen LogP contribution in [0.5, 0.6) is 0 Å². The molecule has 1 aliphatic heterocycles. The second kappa shape index (κ2) is 10.5. The van der Waals surface area contributed by atoms with Crippen molar-refractivity contribution in [1.82, 2.24) is 10.3 Å². The minimum absolute atomic E-state index is 0.539. The number of hydrogen-bond donors (Lipinski definition) is 1. The molecule has 4 heterocycles. The van der Waals surface area contributed by atoms with E-state index in [2.05, 4.69) is 101 Å². The van der Waals surface area contributed by atoms with Gasteiger partial charge in [-0.05, 0) is 58.3 Å². The van der Waals surface area contributed by atoms with Gasteiger partial charge in [0.2, 0.25) is 0 Å². The van der Waals surface area contributed by atoms with Crippen molar-refractivity contribution in [3.8, 4) is 11.1 Å². The summed E-state index contributed by atoms with van der Waals surface area (Å²) in [4.78, 5) is 15.0. The third-order valence-corrected chi connectivity index (χ3v) is 9.21. The summed E-state index contributed by atoms with van der Waals surface area (Å²) in [5, 5.41) is 10.0. The van der Waals surface area contributed by atoms with Gasteiger partial charge < -0.3 is 14.2 Å². The summed E-state index contributed by atoms with van der Waals surface area (Å²) in [6.07, 6.45) is 3.03. The van der Waals surface area contributed by atoms with Crippen molar-refractivity contribution in [2.45, 2.75) is 6.17 Å². The van der Waals surface area contributed by atoms with Crippen molar-refractivity contribution in [1.29, 1.82) is 0 Å². The lowest BCUT2D eigenvalue weighted by atomic mass is 9.97. The fourth-order valence-electron chi connectivity index (χ4n) is 6.97. The normalized spacial score (nSPS) is 14.9. The van der Waals surface area contributed by atoms with Crippen molar-refractivity contribution in [3.05, 3.63) is 163 Å². The number of benzene rings is 6. The summed E-state index contributed by atoms with van der Waals surface area (Å²) in [5.41, 5.74) is 8.16. The predicted octanol–water partition coefficient (Wildman–Crippen LogP) is 10.2. The van der Waals surface area contributed by atoms with E-state index in [0.717, 1.165) is 82.9 Å². The highest BCUT2D eigenvalue weighted by Crippen LogP contribution is 2.39. The molecule has 6 heteroatoms. The minimum atomic E-state index is -0.539. The Morgan fingerprint density at radius 2 is 1.27 bits per heavy atom. The molecule has 0 spiro atoms. The number of amidine groups is 2. The summed E-state index contributed by atoms with van der Waals surface area (Å²) in [5.74, 6) is 1.46. The average Bonchev–Trinajstić information content (AvgIpc) is 3.73. The summed E-state index contributed by atoms with van der Waals surface area (Å²) in [6.45, 7) is 0. The standard InChI is InChI=1S/C42H26N4O2/c1-2-9-25(10-3-1)29-22-33(39-31-19-20-43-24-37(31)48-36(39)23-29)42-45-40(28-18-17-26-11-4-5-12-27(26)21-28)44-41(46-42)32-14-8-16-35-38(32)30-13-6-7-15-34(30)47-35/h1-24,41H,(H,44,45,46). The number of aliphatic imine (C=N–C) groups is 2. The fraction of sp³-hybridized carbons (Fsp3) is 0.0238. The van der Waals surface area contributed by atoms with Crippen LogP contribution >= 0.6 is 0 Å². The van der Waals surface area contributed by atoms with Gasteiger partial charge in [0.05, 0.1) is 6.20 Å². The van der Waals surface area contributed by atoms with E-state index in [-0.39, 0.29) is 0 Å². The van der Waals surface area contributed by atoms with E-state index < -0.39 is 6.17 Å². The van der Waals surface area contributed by atoms with Gasteiger partial charge >= 0.3 is 0 Å². The molecular weight excluding hydrogens is 592 g/mol. The molecule has 0 amide bonds. The van der Waals surface area contributed by atoms with Crippen LogP contribution in [0.2, 0.25) is 0 Å². The first-order chi connectivity index (χ1) is 23.8. The van der Waals surface area contributed by atoms with Crippen molar-refractivity contribution >= 4 is 66.3 Å². The number of fused-ring (bicyclic) bond motifs is 7. The fourth-order valence-corrected chi connectivity index (χ4v) is 6.97. The number of nitrogens with zero attached hydrogens (tertiary/aromatic N) is 3. The number of aromatic nitrogens is 1. The van der Waals surface area contributed by atoms with Gasteiger partial charge in [0.25, 0.3) is 0 Å². The van der Waals surface area contributed by atoms with Crippen LogP contribution in [-0.2, 0) is 0 Å². The van der Waals surface area contributed by atoms with Gasteiger partial charge in [0.1, 0.15) is 28.4 Å². The Morgan fingerprint density at radius 1 is 0.500 bits per heavy atom. The smallest absolute Gasteiger partial charge is 0.170 e. The second-order valence-electron chi connectivity index (χ2n) is 12.1. The molecule has 1 aliphatic rings. The number of rotatable bonds is 4. The van der Waals surface area contributed by atoms with E-state index in [1.54, 1.807) is 12.4 Å². The van der Waals surface area contributed by atoms with Gasteiger partial charge in [-0.15, -0.1) is 0 Å². The van der Waals surface area contributed by atoms with Crippen molar-refractivity contribution < 1.29 is 8.83 Å². The van der Waals surface area contributed by atoms with Gasteiger partial charge in [-0.1, -0.05) is 97.1 Å². The summed E-state index contributed by atoms with van der Waals surface area (Å²) in [7, 11) is 0. The maximum atomic E-state index is 6.42. The molecule has 0 saturated carbocycles. The zero-order chi connectivity index (χ0) is 31.6. The monoisotopic (exact) mass is 618 g/mol. The number of furan rings is 2. The summed E-state index contributed by atoms with van der Waals surface area (Å²) < 4.78 is 12.7. The van der Waals surface area contributed by atoms with E-state index in [9.17, 15) is 0 Å². The predicted molar refractivity (Wildman–Crippen MR) is 194 cm³/mol. The number of para-hydroxylation sites is 1. The van der Waals surface area contributed by atoms with Crippen LogP contribution in [0.25, 0.3) is 65.8 Å². The summed E-state index contributed by atoms with van der Waals surface area (Å²) >= 11 is 0. The highest BCUT2D eigenvalue weighted by Gasteiger charge is 2.26. The third-order valence-electron chi connectivity index (χ3n) is 9.21. The van der Waals surface area contributed by atoms with Gasteiger partial charge in [-0.3, -0.25) is 4.98 Å². The Labute approximate surface area is 274 Å². The summed E-state index contributed by atoms with van der Waals surface area (Å²) in [6, 6.07) is 45.8. The molecule has 0 radical (unpaired) electrons. The Bertz CT molecular complexity index is 2770. The van der Waals surface area contributed by atoms with E-state index in [1.165, 1.54) is 5.39 Å². The molecule has 0 saturated heterocycles. The molecule has 0 bridgehead atoms. The van der Waals surface area contributed by atoms with Crippen molar-refractivity contribution in [3.63, 3.8) is 0 Å². The lowest BCUT2D eigenvalue weighted by Gasteiger charge is -2.23. The lowest BCUT2D eigenvalue weighted by molar-refractivity contribution is 0.667. The molecule has 6 aromatic carbocycles. The average molecular weight is 619 g/mol. The Balaban J connectivity index is 1.24. The maximum absolute atomic E-state index is 6.42. The molecule has 226 valence electrons. The molecule has 0 fully saturated rings. The van der Waals surface area contributed by atoms with Crippen molar-refractivity contribution in [2.75, 3.05) is 0 Å². The van der Waals surface area contributed by atoms with E-state index in [1.807, 2.05) is 42.5 Å². The molecule has 1 unspecified atom stereocenters. The zero-order valence-corrected chi connectivity index (χ0v) is 25.6. The van der Waals surface area contributed by atoms with E-state index in [4.69, 9.17) is 18.8 Å². The molecule has 1 atom stereocenters. The van der Waals surface area contributed by atoms with Crippen LogP contribution in [0, 0.1) is 0 Å². The van der Waals surface area contributed by atoms with Crippen LogP contribution in [0.1, 0.15) is 22.9 Å².